The van der Waals surface area contributed by atoms with E-state index in [2.05, 4.69) is 4.72 Å². The standard InChI is InChI=1S/C18H16N2O4S/c19-12-13-5-7-15(8-6-13)25(22,23)20-18(21)11-17-16-4-2-1-3-14(16)9-10-24-17/h1-8,17H,9-11H2,(H,20,21)/t17-/m0/s1. The van der Waals surface area contributed by atoms with Crippen LogP contribution in [0.4, 0.5) is 0 Å². The van der Waals surface area contributed by atoms with Crippen LogP contribution in [0.2, 0.25) is 0 Å². The minimum Gasteiger partial charge on any atom is -0.373 e. The van der Waals surface area contributed by atoms with Crippen LogP contribution >= 0.6 is 0 Å². The normalized spacial score (nSPS) is 16.5. The van der Waals surface area contributed by atoms with Crippen molar-refractivity contribution in [3.63, 3.8) is 0 Å². The molecule has 1 amide bonds. The first-order valence-corrected chi connectivity index (χ1v) is 9.23. The van der Waals surface area contributed by atoms with Crippen LogP contribution in [0.25, 0.3) is 0 Å². The fourth-order valence-corrected chi connectivity index (χ4v) is 3.77. The zero-order chi connectivity index (χ0) is 17.9. The monoisotopic (exact) mass is 356 g/mol. The van der Waals surface area contributed by atoms with E-state index in [1.54, 1.807) is 0 Å². The van der Waals surface area contributed by atoms with Gasteiger partial charge in [0.2, 0.25) is 5.91 Å². The van der Waals surface area contributed by atoms with Gasteiger partial charge in [-0.05, 0) is 41.8 Å². The van der Waals surface area contributed by atoms with Crippen molar-refractivity contribution >= 4 is 15.9 Å². The third kappa shape index (κ3) is 3.87. The smallest absolute Gasteiger partial charge is 0.264 e. The molecule has 25 heavy (non-hydrogen) atoms. The van der Waals surface area contributed by atoms with Gasteiger partial charge in [-0.25, -0.2) is 13.1 Å². The molecule has 6 nitrogen and oxygen atoms in total. The molecule has 1 aliphatic heterocycles. The topological polar surface area (TPSA) is 96.3 Å². The number of hydrogen-bond donors (Lipinski definition) is 1. The Hall–Kier alpha value is -2.69. The van der Waals surface area contributed by atoms with Crippen molar-refractivity contribution in [1.82, 2.24) is 4.72 Å². The highest BCUT2D eigenvalue weighted by molar-refractivity contribution is 7.90. The number of nitrogens with zero attached hydrogens (tertiary/aromatic N) is 1. The van der Waals surface area contributed by atoms with Crippen LogP contribution in [-0.4, -0.2) is 20.9 Å². The number of rotatable bonds is 4. The second kappa shape index (κ2) is 7.05. The number of sulfonamides is 1. The zero-order valence-corrected chi connectivity index (χ0v) is 14.1. The predicted octanol–water partition coefficient (Wildman–Crippen LogP) is 2.07. The van der Waals surface area contributed by atoms with Gasteiger partial charge in [-0.2, -0.15) is 5.26 Å². The molecule has 0 unspecified atom stereocenters. The van der Waals surface area contributed by atoms with Crippen LogP contribution in [0.1, 0.15) is 29.2 Å². The lowest BCUT2D eigenvalue weighted by Gasteiger charge is -2.25. The van der Waals surface area contributed by atoms with E-state index in [1.807, 2.05) is 30.3 Å². The lowest BCUT2D eigenvalue weighted by Crippen LogP contribution is -2.32. The molecule has 0 aromatic heterocycles. The number of hydrogen-bond acceptors (Lipinski definition) is 5. The molecule has 0 saturated carbocycles. The molecule has 1 atom stereocenters. The molecule has 3 rings (SSSR count). The number of benzene rings is 2. The van der Waals surface area contributed by atoms with Crippen molar-refractivity contribution in [2.75, 3.05) is 6.61 Å². The summed E-state index contributed by atoms with van der Waals surface area (Å²) in [7, 11) is -3.98. The summed E-state index contributed by atoms with van der Waals surface area (Å²) in [5.74, 6) is -0.633. The molecule has 0 radical (unpaired) electrons. The van der Waals surface area contributed by atoms with Crippen LogP contribution in [0.15, 0.2) is 53.4 Å². The Morgan fingerprint density at radius 2 is 1.92 bits per heavy atom. The fourth-order valence-electron chi connectivity index (χ4n) is 2.77. The van der Waals surface area contributed by atoms with Crippen molar-refractivity contribution in [3.8, 4) is 6.07 Å². The molecule has 0 saturated heterocycles. The molecule has 0 bridgehead atoms. The summed E-state index contributed by atoms with van der Waals surface area (Å²) in [5, 5.41) is 8.76. The SMILES string of the molecule is N#Cc1ccc(S(=O)(=O)NC(=O)C[C@@H]2OCCc3ccccc32)cc1. The maximum atomic E-state index is 12.3. The van der Waals surface area contributed by atoms with Gasteiger partial charge in [0.1, 0.15) is 0 Å². The molecule has 2 aromatic carbocycles. The lowest BCUT2D eigenvalue weighted by atomic mass is 9.96. The molecular weight excluding hydrogens is 340 g/mol. The third-order valence-electron chi connectivity index (χ3n) is 4.01. The number of nitrogens with one attached hydrogen (secondary N) is 1. The number of amides is 1. The van der Waals surface area contributed by atoms with E-state index >= 15 is 0 Å². The minimum atomic E-state index is -3.98. The molecular formula is C18H16N2O4S. The van der Waals surface area contributed by atoms with Crippen molar-refractivity contribution in [2.24, 2.45) is 0 Å². The molecule has 2 aromatic rings. The summed E-state index contributed by atoms with van der Waals surface area (Å²) in [5.41, 5.74) is 2.37. The van der Waals surface area contributed by atoms with Gasteiger partial charge in [0.25, 0.3) is 10.0 Å². The number of ether oxygens (including phenoxy) is 1. The van der Waals surface area contributed by atoms with Gasteiger partial charge in [0, 0.05) is 0 Å². The van der Waals surface area contributed by atoms with Gasteiger partial charge < -0.3 is 4.74 Å². The van der Waals surface area contributed by atoms with Crippen molar-refractivity contribution in [1.29, 1.82) is 5.26 Å². The number of carbonyl (C=O) groups is 1. The van der Waals surface area contributed by atoms with E-state index in [9.17, 15) is 13.2 Å². The first-order chi connectivity index (χ1) is 12.0. The summed E-state index contributed by atoms with van der Waals surface area (Å²) in [4.78, 5) is 12.1. The zero-order valence-electron chi connectivity index (χ0n) is 13.3. The Balaban J connectivity index is 1.71. The lowest BCUT2D eigenvalue weighted by molar-refractivity contribution is -0.122. The summed E-state index contributed by atoms with van der Waals surface area (Å²) >= 11 is 0. The Morgan fingerprint density at radius 1 is 1.20 bits per heavy atom. The highest BCUT2D eigenvalue weighted by atomic mass is 32.2. The summed E-state index contributed by atoms with van der Waals surface area (Å²) < 4.78 is 32.2. The largest absolute Gasteiger partial charge is 0.373 e. The average molecular weight is 356 g/mol. The van der Waals surface area contributed by atoms with Gasteiger partial charge >= 0.3 is 0 Å². The maximum Gasteiger partial charge on any atom is 0.264 e. The summed E-state index contributed by atoms with van der Waals surface area (Å²) in [6, 6.07) is 14.9. The second-order valence-electron chi connectivity index (χ2n) is 5.68. The van der Waals surface area contributed by atoms with E-state index in [0.29, 0.717) is 12.2 Å². The van der Waals surface area contributed by atoms with Crippen LogP contribution in [0.5, 0.6) is 0 Å². The quantitative estimate of drug-likeness (QED) is 0.905. The van der Waals surface area contributed by atoms with Crippen molar-refractivity contribution in [3.05, 3.63) is 65.2 Å². The van der Waals surface area contributed by atoms with Crippen LogP contribution in [0.3, 0.4) is 0 Å². The molecule has 1 N–H and O–H groups in total. The van der Waals surface area contributed by atoms with E-state index in [4.69, 9.17) is 10.00 Å². The molecule has 0 fully saturated rings. The highest BCUT2D eigenvalue weighted by Gasteiger charge is 2.25. The molecule has 128 valence electrons. The first-order valence-electron chi connectivity index (χ1n) is 7.75. The minimum absolute atomic E-state index is 0.0650. The van der Waals surface area contributed by atoms with Crippen LogP contribution < -0.4 is 4.72 Å². The Labute approximate surface area is 146 Å². The Bertz CT molecular complexity index is 930. The first kappa shape index (κ1) is 17.1. The fraction of sp³-hybridized carbons (Fsp3) is 0.222. The average Bonchev–Trinajstić information content (AvgIpc) is 2.61. The van der Waals surface area contributed by atoms with Crippen LogP contribution in [-0.2, 0) is 26.0 Å². The van der Waals surface area contributed by atoms with Gasteiger partial charge in [-0.15, -0.1) is 0 Å². The Morgan fingerprint density at radius 3 is 2.64 bits per heavy atom. The molecule has 0 spiro atoms. The second-order valence-corrected chi connectivity index (χ2v) is 7.36. The number of fused-ring (bicyclic) bond motifs is 1. The molecule has 7 heteroatoms. The van der Waals surface area contributed by atoms with Gasteiger partial charge in [0.15, 0.2) is 0 Å². The highest BCUT2D eigenvalue weighted by Crippen LogP contribution is 2.29. The van der Waals surface area contributed by atoms with Gasteiger partial charge in [-0.3, -0.25) is 4.79 Å². The van der Waals surface area contributed by atoms with Gasteiger partial charge in [-0.1, -0.05) is 24.3 Å². The van der Waals surface area contributed by atoms with Crippen molar-refractivity contribution < 1.29 is 17.9 Å². The van der Waals surface area contributed by atoms with E-state index in [-0.39, 0.29) is 11.3 Å². The molecule has 0 aliphatic carbocycles. The maximum absolute atomic E-state index is 12.3. The Kier molecular flexibility index (Phi) is 4.83. The number of carbonyl (C=O) groups excluding carboxylic acids is 1. The van der Waals surface area contributed by atoms with E-state index < -0.39 is 22.0 Å². The van der Waals surface area contributed by atoms with E-state index in [0.717, 1.165) is 17.5 Å². The summed E-state index contributed by atoms with van der Waals surface area (Å²) in [6.07, 6.45) is 0.241. The number of nitriles is 1. The van der Waals surface area contributed by atoms with Crippen molar-refractivity contribution in [2.45, 2.75) is 23.8 Å². The van der Waals surface area contributed by atoms with Crippen LogP contribution in [0, 0.1) is 11.3 Å². The van der Waals surface area contributed by atoms with Gasteiger partial charge in [0.05, 0.1) is 35.7 Å². The van der Waals surface area contributed by atoms with E-state index in [1.165, 1.54) is 24.3 Å². The molecule has 1 heterocycles. The molecule has 1 aliphatic rings. The third-order valence-corrected chi connectivity index (χ3v) is 5.39. The summed E-state index contributed by atoms with van der Waals surface area (Å²) in [6.45, 7) is 0.497. The predicted molar refractivity (Wildman–Crippen MR) is 89.9 cm³/mol.